The number of benzene rings is 2. The lowest BCUT2D eigenvalue weighted by Gasteiger charge is -2.22. The molecule has 0 saturated heterocycles. The predicted molar refractivity (Wildman–Crippen MR) is 98.4 cm³/mol. The fourth-order valence-corrected chi connectivity index (χ4v) is 3.85. The first kappa shape index (κ1) is 17.3. The van der Waals surface area contributed by atoms with Crippen molar-refractivity contribution in [3.63, 3.8) is 0 Å². The van der Waals surface area contributed by atoms with Crippen molar-refractivity contribution in [2.45, 2.75) is 19.4 Å². The van der Waals surface area contributed by atoms with E-state index in [0.29, 0.717) is 10.0 Å². The molecule has 1 atom stereocenters. The van der Waals surface area contributed by atoms with Gasteiger partial charge in [-0.05, 0) is 42.3 Å². The van der Waals surface area contributed by atoms with E-state index in [9.17, 15) is 0 Å². The first-order chi connectivity index (χ1) is 10.0. The highest BCUT2D eigenvalue weighted by molar-refractivity contribution is 9.11. The monoisotopic (exact) mass is 449 g/mol. The van der Waals surface area contributed by atoms with Crippen LogP contribution in [0.25, 0.3) is 0 Å². The van der Waals surface area contributed by atoms with Crippen molar-refractivity contribution in [1.29, 1.82) is 0 Å². The second-order valence-electron chi connectivity index (χ2n) is 4.70. The standard InChI is InChI=1S/C16H15Br2Cl2N/c1-2-8-21-16(11-7-6-10(17)9-13(11)18)12-4-3-5-14(19)15(12)20/h3-7,9,16,21H,2,8H2,1H3. The van der Waals surface area contributed by atoms with E-state index < -0.39 is 0 Å². The first-order valence-electron chi connectivity index (χ1n) is 6.66. The lowest BCUT2D eigenvalue weighted by atomic mass is 9.98. The van der Waals surface area contributed by atoms with Crippen molar-refractivity contribution in [2.24, 2.45) is 0 Å². The fourth-order valence-electron chi connectivity index (χ4n) is 2.16. The van der Waals surface area contributed by atoms with Crippen LogP contribution in [0.4, 0.5) is 0 Å². The van der Waals surface area contributed by atoms with E-state index in [1.165, 1.54) is 0 Å². The molecule has 1 N–H and O–H groups in total. The molecule has 5 heteroatoms. The number of hydrogen-bond acceptors (Lipinski definition) is 1. The van der Waals surface area contributed by atoms with Gasteiger partial charge < -0.3 is 5.32 Å². The van der Waals surface area contributed by atoms with Crippen LogP contribution in [0.15, 0.2) is 45.3 Å². The van der Waals surface area contributed by atoms with Gasteiger partial charge in [0.15, 0.2) is 0 Å². The Balaban J connectivity index is 2.49. The molecule has 0 radical (unpaired) electrons. The van der Waals surface area contributed by atoms with Crippen molar-refractivity contribution in [3.05, 3.63) is 66.5 Å². The Hall–Kier alpha value is -0.0600. The Morgan fingerprint density at radius 1 is 1.10 bits per heavy atom. The van der Waals surface area contributed by atoms with Gasteiger partial charge >= 0.3 is 0 Å². The average Bonchev–Trinajstić information content (AvgIpc) is 2.45. The SMILES string of the molecule is CCCNC(c1ccc(Br)cc1Br)c1cccc(Cl)c1Cl. The molecular weight excluding hydrogens is 437 g/mol. The second-order valence-corrected chi connectivity index (χ2v) is 7.25. The Kier molecular flexibility index (Phi) is 6.57. The summed E-state index contributed by atoms with van der Waals surface area (Å²) in [5.74, 6) is 0. The fraction of sp³-hybridized carbons (Fsp3) is 0.250. The lowest BCUT2D eigenvalue weighted by molar-refractivity contribution is 0.597. The van der Waals surface area contributed by atoms with Crippen molar-refractivity contribution < 1.29 is 0 Å². The molecule has 0 spiro atoms. The van der Waals surface area contributed by atoms with E-state index in [2.05, 4.69) is 50.2 Å². The maximum Gasteiger partial charge on any atom is 0.0643 e. The van der Waals surface area contributed by atoms with E-state index in [1.54, 1.807) is 6.07 Å². The van der Waals surface area contributed by atoms with Crippen LogP contribution >= 0.6 is 55.1 Å². The zero-order chi connectivity index (χ0) is 15.4. The third kappa shape index (κ3) is 4.23. The van der Waals surface area contributed by atoms with Crippen LogP contribution in [0.3, 0.4) is 0 Å². The zero-order valence-corrected chi connectivity index (χ0v) is 16.2. The predicted octanol–water partition coefficient (Wildman–Crippen LogP) is 6.61. The molecule has 2 rings (SSSR count). The van der Waals surface area contributed by atoms with Gasteiger partial charge in [-0.25, -0.2) is 0 Å². The van der Waals surface area contributed by atoms with Gasteiger partial charge in [0.25, 0.3) is 0 Å². The maximum absolute atomic E-state index is 6.40. The highest BCUT2D eigenvalue weighted by Gasteiger charge is 2.20. The van der Waals surface area contributed by atoms with E-state index in [0.717, 1.165) is 33.0 Å². The van der Waals surface area contributed by atoms with Crippen molar-refractivity contribution >= 4 is 55.1 Å². The van der Waals surface area contributed by atoms with E-state index in [1.807, 2.05) is 24.3 Å². The van der Waals surface area contributed by atoms with Crippen LogP contribution in [0.5, 0.6) is 0 Å². The number of hydrogen-bond donors (Lipinski definition) is 1. The molecule has 112 valence electrons. The summed E-state index contributed by atoms with van der Waals surface area (Å²) < 4.78 is 2.06. The summed E-state index contributed by atoms with van der Waals surface area (Å²) in [6.45, 7) is 3.04. The minimum atomic E-state index is -0.00127. The number of halogens is 4. The van der Waals surface area contributed by atoms with Gasteiger partial charge in [-0.3, -0.25) is 0 Å². The van der Waals surface area contributed by atoms with Crippen molar-refractivity contribution in [1.82, 2.24) is 5.32 Å². The summed E-state index contributed by atoms with van der Waals surface area (Å²) in [6, 6.07) is 11.9. The molecule has 0 aliphatic heterocycles. The molecule has 0 heterocycles. The molecule has 2 aromatic rings. The van der Waals surface area contributed by atoms with Crippen LogP contribution in [0, 0.1) is 0 Å². The van der Waals surface area contributed by atoms with E-state index in [4.69, 9.17) is 23.2 Å². The van der Waals surface area contributed by atoms with Gasteiger partial charge in [0, 0.05) is 8.95 Å². The molecule has 2 aromatic carbocycles. The molecule has 0 amide bonds. The van der Waals surface area contributed by atoms with Gasteiger partial charge in [0.1, 0.15) is 0 Å². The van der Waals surface area contributed by atoms with E-state index >= 15 is 0 Å². The molecule has 0 fully saturated rings. The summed E-state index contributed by atoms with van der Waals surface area (Å²) in [6.07, 6.45) is 1.04. The minimum absolute atomic E-state index is 0.00127. The number of rotatable bonds is 5. The third-order valence-corrected chi connectivity index (χ3v) is 5.18. The largest absolute Gasteiger partial charge is 0.306 e. The van der Waals surface area contributed by atoms with Gasteiger partial charge in [0.05, 0.1) is 16.1 Å². The quantitative estimate of drug-likeness (QED) is 0.539. The van der Waals surface area contributed by atoms with Crippen molar-refractivity contribution in [2.75, 3.05) is 6.54 Å². The maximum atomic E-state index is 6.40. The van der Waals surface area contributed by atoms with E-state index in [-0.39, 0.29) is 6.04 Å². The molecule has 0 bridgehead atoms. The normalized spacial score (nSPS) is 12.4. The molecule has 0 saturated carbocycles. The Morgan fingerprint density at radius 3 is 2.52 bits per heavy atom. The smallest absolute Gasteiger partial charge is 0.0643 e. The molecular formula is C16H15Br2Cl2N. The zero-order valence-electron chi connectivity index (χ0n) is 11.5. The summed E-state index contributed by atoms with van der Waals surface area (Å²) in [5, 5.41) is 4.72. The van der Waals surface area contributed by atoms with Crippen LogP contribution in [-0.2, 0) is 0 Å². The summed E-state index contributed by atoms with van der Waals surface area (Å²) in [4.78, 5) is 0. The lowest BCUT2D eigenvalue weighted by Crippen LogP contribution is -2.24. The Morgan fingerprint density at radius 2 is 1.86 bits per heavy atom. The minimum Gasteiger partial charge on any atom is -0.306 e. The third-order valence-electron chi connectivity index (χ3n) is 3.16. The summed E-state index contributed by atoms with van der Waals surface area (Å²) >= 11 is 19.7. The van der Waals surface area contributed by atoms with Crippen LogP contribution in [-0.4, -0.2) is 6.54 Å². The van der Waals surface area contributed by atoms with Gasteiger partial charge in [0.2, 0.25) is 0 Å². The molecule has 0 aromatic heterocycles. The van der Waals surface area contributed by atoms with Crippen LogP contribution in [0.1, 0.15) is 30.5 Å². The molecule has 21 heavy (non-hydrogen) atoms. The first-order valence-corrected chi connectivity index (χ1v) is 9.01. The molecule has 1 nitrogen and oxygen atoms in total. The highest BCUT2D eigenvalue weighted by atomic mass is 79.9. The molecule has 0 aliphatic rings. The number of nitrogens with one attached hydrogen (secondary N) is 1. The Labute approximate surface area is 152 Å². The van der Waals surface area contributed by atoms with Crippen molar-refractivity contribution in [3.8, 4) is 0 Å². The molecule has 0 aliphatic carbocycles. The van der Waals surface area contributed by atoms with Crippen LogP contribution in [0.2, 0.25) is 10.0 Å². The van der Waals surface area contributed by atoms with Gasteiger partial charge in [-0.1, -0.05) is 80.2 Å². The van der Waals surface area contributed by atoms with Crippen LogP contribution < -0.4 is 5.32 Å². The molecule has 1 unspecified atom stereocenters. The summed E-state index contributed by atoms with van der Waals surface area (Å²) in [7, 11) is 0. The highest BCUT2D eigenvalue weighted by Crippen LogP contribution is 2.36. The average molecular weight is 452 g/mol. The Bertz CT molecular complexity index is 632. The summed E-state index contributed by atoms with van der Waals surface area (Å²) in [5.41, 5.74) is 2.12. The second kappa shape index (κ2) is 7.98. The van der Waals surface area contributed by atoms with Gasteiger partial charge in [-0.15, -0.1) is 0 Å². The topological polar surface area (TPSA) is 12.0 Å². The van der Waals surface area contributed by atoms with Gasteiger partial charge in [-0.2, -0.15) is 0 Å².